The number of phenolic OH excluding ortho intramolecular Hbond substituents is 1. The molecule has 0 unspecified atom stereocenters. The molecule has 2 rings (SSSR count). The molecule has 118 valence electrons. The molecule has 1 aromatic heterocycles. The second-order valence-corrected chi connectivity index (χ2v) is 5.54. The van der Waals surface area contributed by atoms with Crippen molar-refractivity contribution in [2.75, 3.05) is 6.61 Å². The normalized spacial score (nSPS) is 12.4. The largest absolute Gasteiger partial charge is 0.508 e. The molecule has 0 aliphatic rings. The van der Waals surface area contributed by atoms with Gasteiger partial charge in [0.15, 0.2) is 5.43 Å². The molecule has 1 atom stereocenters. The van der Waals surface area contributed by atoms with Crippen molar-refractivity contribution >= 4 is 16.9 Å². The Labute approximate surface area is 128 Å². The number of carbonyl (C=O) groups excluding carboxylic acids is 1. The van der Waals surface area contributed by atoms with Crippen molar-refractivity contribution < 1.29 is 19.1 Å². The van der Waals surface area contributed by atoms with Gasteiger partial charge >= 0.3 is 5.97 Å². The number of benzene rings is 1. The lowest BCUT2D eigenvalue weighted by Gasteiger charge is -2.15. The van der Waals surface area contributed by atoms with Crippen LogP contribution in [-0.2, 0) is 9.53 Å². The molecule has 0 saturated carbocycles. The quantitative estimate of drug-likeness (QED) is 0.878. The third kappa shape index (κ3) is 2.98. The fraction of sp³-hybridized carbons (Fsp3) is 0.412. The van der Waals surface area contributed by atoms with E-state index < -0.39 is 0 Å². The summed E-state index contributed by atoms with van der Waals surface area (Å²) in [4.78, 5) is 23.3. The molecule has 1 heterocycles. The standard InChI is InChI=1S/C17H20O5/c1-9(7-8-21-12(4)18)16-11(3)15(20)13-5-6-14(19)10(2)17(13)22-16/h5-6,9,19H,7-8H2,1-4H3/t9-/m0/s1. The van der Waals surface area contributed by atoms with E-state index in [0.29, 0.717) is 34.3 Å². The van der Waals surface area contributed by atoms with E-state index in [4.69, 9.17) is 9.15 Å². The first-order valence-electron chi connectivity index (χ1n) is 7.22. The highest BCUT2D eigenvalue weighted by molar-refractivity contribution is 5.82. The van der Waals surface area contributed by atoms with Gasteiger partial charge in [-0.3, -0.25) is 9.59 Å². The van der Waals surface area contributed by atoms with Gasteiger partial charge in [0.25, 0.3) is 0 Å². The lowest BCUT2D eigenvalue weighted by atomic mass is 9.99. The second kappa shape index (κ2) is 6.22. The average Bonchev–Trinajstić information content (AvgIpc) is 2.46. The van der Waals surface area contributed by atoms with Gasteiger partial charge in [-0.1, -0.05) is 6.92 Å². The fourth-order valence-electron chi connectivity index (χ4n) is 2.47. The molecule has 22 heavy (non-hydrogen) atoms. The molecule has 1 N–H and O–H groups in total. The van der Waals surface area contributed by atoms with Crippen molar-refractivity contribution in [3.63, 3.8) is 0 Å². The first-order chi connectivity index (χ1) is 10.3. The van der Waals surface area contributed by atoms with Crippen LogP contribution in [0.3, 0.4) is 0 Å². The van der Waals surface area contributed by atoms with Crippen molar-refractivity contribution in [3.8, 4) is 5.75 Å². The number of aromatic hydroxyl groups is 1. The van der Waals surface area contributed by atoms with E-state index in [2.05, 4.69) is 0 Å². The number of esters is 1. The highest BCUT2D eigenvalue weighted by atomic mass is 16.5. The molecule has 0 bridgehead atoms. The van der Waals surface area contributed by atoms with Crippen LogP contribution in [0.5, 0.6) is 5.75 Å². The summed E-state index contributed by atoms with van der Waals surface area (Å²) in [6.07, 6.45) is 0.562. The number of aryl methyl sites for hydroxylation is 1. The summed E-state index contributed by atoms with van der Waals surface area (Å²) < 4.78 is 10.8. The number of ether oxygens (including phenoxy) is 1. The van der Waals surface area contributed by atoms with Crippen LogP contribution in [0.1, 0.15) is 43.1 Å². The molecular weight excluding hydrogens is 284 g/mol. The zero-order valence-corrected chi connectivity index (χ0v) is 13.2. The topological polar surface area (TPSA) is 76.7 Å². The maximum atomic E-state index is 12.5. The summed E-state index contributed by atoms with van der Waals surface area (Å²) in [6.45, 7) is 6.99. The molecule has 1 aromatic carbocycles. The van der Waals surface area contributed by atoms with Gasteiger partial charge < -0.3 is 14.3 Å². The Morgan fingerprint density at radius 2 is 2.00 bits per heavy atom. The summed E-state index contributed by atoms with van der Waals surface area (Å²) in [5, 5.41) is 10.3. The number of rotatable bonds is 4. The molecule has 0 spiro atoms. The first kappa shape index (κ1) is 16.1. The van der Waals surface area contributed by atoms with Crippen molar-refractivity contribution in [3.05, 3.63) is 39.2 Å². The minimum atomic E-state index is -0.329. The maximum absolute atomic E-state index is 12.5. The van der Waals surface area contributed by atoms with Crippen LogP contribution in [0.4, 0.5) is 0 Å². The van der Waals surface area contributed by atoms with Gasteiger partial charge in [-0.05, 0) is 32.4 Å². The summed E-state index contributed by atoms with van der Waals surface area (Å²) >= 11 is 0. The van der Waals surface area contributed by atoms with E-state index in [0.717, 1.165) is 0 Å². The van der Waals surface area contributed by atoms with E-state index in [-0.39, 0.29) is 29.7 Å². The van der Waals surface area contributed by atoms with Crippen molar-refractivity contribution in [2.24, 2.45) is 0 Å². The second-order valence-electron chi connectivity index (χ2n) is 5.54. The third-order valence-corrected chi connectivity index (χ3v) is 3.85. The predicted molar refractivity (Wildman–Crippen MR) is 83.3 cm³/mol. The summed E-state index contributed by atoms with van der Waals surface area (Å²) in [7, 11) is 0. The Morgan fingerprint density at radius 1 is 1.32 bits per heavy atom. The molecule has 0 saturated heterocycles. The van der Waals surface area contributed by atoms with E-state index in [1.807, 2.05) is 6.92 Å². The molecule has 5 heteroatoms. The smallest absolute Gasteiger partial charge is 0.302 e. The molecule has 0 fully saturated rings. The van der Waals surface area contributed by atoms with E-state index >= 15 is 0 Å². The van der Waals surface area contributed by atoms with E-state index in [1.54, 1.807) is 19.9 Å². The van der Waals surface area contributed by atoms with Gasteiger partial charge in [-0.15, -0.1) is 0 Å². The SMILES string of the molecule is CC(=O)OCC[C@H](C)c1oc2c(C)c(O)ccc2c(=O)c1C. The molecule has 0 aliphatic heterocycles. The number of phenols is 1. The number of fused-ring (bicyclic) bond motifs is 1. The van der Waals surface area contributed by atoms with Crippen molar-refractivity contribution in [1.82, 2.24) is 0 Å². The Hall–Kier alpha value is -2.30. The monoisotopic (exact) mass is 304 g/mol. The predicted octanol–water partition coefficient (Wildman–Crippen LogP) is 3.17. The third-order valence-electron chi connectivity index (χ3n) is 3.85. The molecule has 5 nitrogen and oxygen atoms in total. The van der Waals surface area contributed by atoms with Crippen LogP contribution in [0.2, 0.25) is 0 Å². The zero-order chi connectivity index (χ0) is 16.4. The maximum Gasteiger partial charge on any atom is 0.302 e. The highest BCUT2D eigenvalue weighted by Gasteiger charge is 2.18. The van der Waals surface area contributed by atoms with Crippen LogP contribution in [-0.4, -0.2) is 17.7 Å². The van der Waals surface area contributed by atoms with Gasteiger partial charge in [0.2, 0.25) is 0 Å². The van der Waals surface area contributed by atoms with Crippen LogP contribution in [0.15, 0.2) is 21.3 Å². The Morgan fingerprint density at radius 3 is 2.64 bits per heavy atom. The van der Waals surface area contributed by atoms with E-state index in [9.17, 15) is 14.7 Å². The Kier molecular flexibility index (Phi) is 4.54. The summed E-state index contributed by atoms with van der Waals surface area (Å²) in [5.41, 5.74) is 1.40. The molecule has 0 aliphatic carbocycles. The van der Waals surface area contributed by atoms with Crippen LogP contribution in [0.25, 0.3) is 11.0 Å². The minimum absolute atomic E-state index is 0.0711. The number of hydrogen-bond acceptors (Lipinski definition) is 5. The Bertz CT molecular complexity index is 773. The first-order valence-corrected chi connectivity index (χ1v) is 7.22. The van der Waals surface area contributed by atoms with E-state index in [1.165, 1.54) is 13.0 Å². The van der Waals surface area contributed by atoms with Gasteiger partial charge in [0.1, 0.15) is 17.1 Å². The molecule has 2 aromatic rings. The van der Waals surface area contributed by atoms with Crippen LogP contribution >= 0.6 is 0 Å². The summed E-state index contributed by atoms with van der Waals surface area (Å²) in [6, 6.07) is 3.07. The highest BCUT2D eigenvalue weighted by Crippen LogP contribution is 2.29. The van der Waals surface area contributed by atoms with Crippen LogP contribution in [0, 0.1) is 13.8 Å². The van der Waals surface area contributed by atoms with Gasteiger partial charge in [0.05, 0.1) is 12.0 Å². The lowest BCUT2D eigenvalue weighted by Crippen LogP contribution is -2.13. The minimum Gasteiger partial charge on any atom is -0.508 e. The molecular formula is C17H20O5. The lowest BCUT2D eigenvalue weighted by molar-refractivity contribution is -0.141. The zero-order valence-electron chi connectivity index (χ0n) is 13.2. The fourth-order valence-corrected chi connectivity index (χ4v) is 2.47. The Balaban J connectivity index is 2.46. The van der Waals surface area contributed by atoms with Gasteiger partial charge in [-0.2, -0.15) is 0 Å². The van der Waals surface area contributed by atoms with Gasteiger partial charge in [-0.25, -0.2) is 0 Å². The molecule has 0 radical (unpaired) electrons. The van der Waals surface area contributed by atoms with Crippen LogP contribution < -0.4 is 5.43 Å². The van der Waals surface area contributed by atoms with Gasteiger partial charge in [0, 0.05) is 24.0 Å². The molecule has 0 amide bonds. The average molecular weight is 304 g/mol. The van der Waals surface area contributed by atoms with Crippen molar-refractivity contribution in [1.29, 1.82) is 0 Å². The summed E-state index contributed by atoms with van der Waals surface area (Å²) in [5.74, 6) is 0.263. The number of hydrogen-bond donors (Lipinski definition) is 1. The van der Waals surface area contributed by atoms with Crippen molar-refractivity contribution in [2.45, 2.75) is 40.0 Å². The number of carbonyl (C=O) groups is 1.